The van der Waals surface area contributed by atoms with Crippen molar-refractivity contribution in [3.05, 3.63) is 0 Å². The van der Waals surface area contributed by atoms with Crippen molar-refractivity contribution in [2.45, 2.75) is 58.3 Å². The van der Waals surface area contributed by atoms with E-state index in [1.807, 2.05) is 0 Å². The Balaban J connectivity index is 3.10. The van der Waals surface area contributed by atoms with Gasteiger partial charge in [-0.2, -0.15) is 0 Å². The highest BCUT2D eigenvalue weighted by Crippen LogP contribution is 2.06. The van der Waals surface area contributed by atoms with Crippen LogP contribution in [0.4, 0.5) is 0 Å². The van der Waals surface area contributed by atoms with Gasteiger partial charge in [-0.1, -0.05) is 32.6 Å². The standard InChI is InChI=1S/C12H24O3/c1-2-3-11-15-12(14)9-7-5-4-6-8-10-13/h13H,2-11H2,1H3. The second kappa shape index (κ2) is 11.5. The summed E-state index contributed by atoms with van der Waals surface area (Å²) in [6, 6.07) is 0. The molecule has 0 amide bonds. The van der Waals surface area contributed by atoms with E-state index in [-0.39, 0.29) is 12.6 Å². The average molecular weight is 216 g/mol. The Morgan fingerprint density at radius 3 is 2.40 bits per heavy atom. The molecule has 0 saturated heterocycles. The quantitative estimate of drug-likeness (QED) is 0.451. The maximum atomic E-state index is 11.1. The fourth-order valence-corrected chi connectivity index (χ4v) is 1.31. The van der Waals surface area contributed by atoms with Gasteiger partial charge in [-0.05, 0) is 19.3 Å². The van der Waals surface area contributed by atoms with E-state index in [0.717, 1.165) is 44.9 Å². The average Bonchev–Trinajstić information content (AvgIpc) is 2.23. The molecular formula is C12H24O3. The number of ether oxygens (including phenoxy) is 1. The van der Waals surface area contributed by atoms with E-state index < -0.39 is 0 Å². The van der Waals surface area contributed by atoms with E-state index in [1.54, 1.807) is 0 Å². The fourth-order valence-electron chi connectivity index (χ4n) is 1.31. The summed E-state index contributed by atoms with van der Waals surface area (Å²) in [5, 5.41) is 8.56. The Morgan fingerprint density at radius 2 is 1.73 bits per heavy atom. The second-order valence-electron chi connectivity index (χ2n) is 3.82. The van der Waals surface area contributed by atoms with Gasteiger partial charge in [0.05, 0.1) is 6.61 Å². The van der Waals surface area contributed by atoms with E-state index in [1.165, 1.54) is 0 Å². The van der Waals surface area contributed by atoms with E-state index in [0.29, 0.717) is 13.0 Å². The van der Waals surface area contributed by atoms with Crippen LogP contribution in [0.2, 0.25) is 0 Å². The number of unbranched alkanes of at least 4 members (excludes halogenated alkanes) is 5. The van der Waals surface area contributed by atoms with Crippen molar-refractivity contribution in [3.63, 3.8) is 0 Å². The summed E-state index contributed by atoms with van der Waals surface area (Å²) >= 11 is 0. The number of rotatable bonds is 10. The van der Waals surface area contributed by atoms with Gasteiger partial charge in [0.15, 0.2) is 0 Å². The van der Waals surface area contributed by atoms with Crippen LogP contribution in [0.5, 0.6) is 0 Å². The highest BCUT2D eigenvalue weighted by molar-refractivity contribution is 5.69. The van der Waals surface area contributed by atoms with Crippen molar-refractivity contribution in [1.29, 1.82) is 0 Å². The molecule has 0 aliphatic rings. The predicted molar refractivity (Wildman–Crippen MR) is 60.7 cm³/mol. The fraction of sp³-hybridized carbons (Fsp3) is 0.917. The summed E-state index contributed by atoms with van der Waals surface area (Å²) in [4.78, 5) is 11.1. The van der Waals surface area contributed by atoms with Crippen LogP contribution in [0, 0.1) is 0 Å². The Labute approximate surface area is 92.8 Å². The van der Waals surface area contributed by atoms with Crippen LogP contribution < -0.4 is 0 Å². The maximum Gasteiger partial charge on any atom is 0.305 e. The third-order valence-electron chi connectivity index (χ3n) is 2.30. The van der Waals surface area contributed by atoms with Crippen LogP contribution in [0.25, 0.3) is 0 Å². The molecule has 0 aromatic rings. The number of aliphatic hydroxyl groups is 1. The lowest BCUT2D eigenvalue weighted by Crippen LogP contribution is -2.05. The molecule has 0 aromatic heterocycles. The predicted octanol–water partition coefficient (Wildman–Crippen LogP) is 2.66. The van der Waals surface area contributed by atoms with E-state index >= 15 is 0 Å². The lowest BCUT2D eigenvalue weighted by Gasteiger charge is -2.03. The Bertz CT molecular complexity index is 146. The number of aliphatic hydroxyl groups excluding tert-OH is 1. The lowest BCUT2D eigenvalue weighted by molar-refractivity contribution is -0.143. The Kier molecular flexibility index (Phi) is 11.1. The Hall–Kier alpha value is -0.570. The lowest BCUT2D eigenvalue weighted by atomic mass is 10.1. The smallest absolute Gasteiger partial charge is 0.305 e. The van der Waals surface area contributed by atoms with Gasteiger partial charge in [0.25, 0.3) is 0 Å². The van der Waals surface area contributed by atoms with Crippen LogP contribution >= 0.6 is 0 Å². The molecule has 0 aromatic carbocycles. The first-order valence-corrected chi connectivity index (χ1v) is 6.07. The summed E-state index contributed by atoms with van der Waals surface area (Å²) in [5.74, 6) is -0.0643. The molecule has 15 heavy (non-hydrogen) atoms. The summed E-state index contributed by atoms with van der Waals surface area (Å²) in [7, 11) is 0. The van der Waals surface area contributed by atoms with Gasteiger partial charge in [0.2, 0.25) is 0 Å². The van der Waals surface area contributed by atoms with E-state index in [4.69, 9.17) is 9.84 Å². The minimum Gasteiger partial charge on any atom is -0.466 e. The minimum absolute atomic E-state index is 0.0643. The first-order chi connectivity index (χ1) is 7.31. The number of carbonyl (C=O) groups excluding carboxylic acids is 1. The Morgan fingerprint density at radius 1 is 1.07 bits per heavy atom. The van der Waals surface area contributed by atoms with Gasteiger partial charge < -0.3 is 9.84 Å². The molecule has 1 N–H and O–H groups in total. The van der Waals surface area contributed by atoms with Crippen LogP contribution in [0.15, 0.2) is 0 Å². The van der Waals surface area contributed by atoms with Crippen LogP contribution in [0.3, 0.4) is 0 Å². The molecule has 0 bridgehead atoms. The first-order valence-electron chi connectivity index (χ1n) is 6.07. The molecule has 0 heterocycles. The molecular weight excluding hydrogens is 192 g/mol. The highest BCUT2D eigenvalue weighted by Gasteiger charge is 2.01. The zero-order valence-electron chi connectivity index (χ0n) is 9.83. The van der Waals surface area contributed by atoms with Gasteiger partial charge in [-0.15, -0.1) is 0 Å². The first kappa shape index (κ1) is 14.4. The third kappa shape index (κ3) is 11.4. The maximum absolute atomic E-state index is 11.1. The molecule has 90 valence electrons. The van der Waals surface area contributed by atoms with Crippen molar-refractivity contribution in [3.8, 4) is 0 Å². The molecule has 0 aliphatic carbocycles. The molecule has 0 fully saturated rings. The molecule has 0 saturated carbocycles. The van der Waals surface area contributed by atoms with Gasteiger partial charge in [-0.3, -0.25) is 4.79 Å². The largest absolute Gasteiger partial charge is 0.466 e. The molecule has 0 radical (unpaired) electrons. The summed E-state index contributed by atoms with van der Waals surface area (Å²) in [6.07, 6.45) is 7.57. The van der Waals surface area contributed by atoms with Crippen molar-refractivity contribution >= 4 is 5.97 Å². The number of esters is 1. The van der Waals surface area contributed by atoms with Crippen molar-refractivity contribution in [2.75, 3.05) is 13.2 Å². The molecule has 3 heteroatoms. The van der Waals surface area contributed by atoms with Crippen molar-refractivity contribution in [1.82, 2.24) is 0 Å². The molecule has 0 aliphatic heterocycles. The SMILES string of the molecule is CCCCOC(=O)CCCCCCCO. The van der Waals surface area contributed by atoms with Crippen LogP contribution in [-0.2, 0) is 9.53 Å². The van der Waals surface area contributed by atoms with E-state index in [9.17, 15) is 4.79 Å². The molecule has 0 rings (SSSR count). The topological polar surface area (TPSA) is 46.5 Å². The van der Waals surface area contributed by atoms with Gasteiger partial charge in [-0.25, -0.2) is 0 Å². The zero-order valence-corrected chi connectivity index (χ0v) is 9.83. The zero-order chi connectivity index (χ0) is 11.4. The summed E-state index contributed by atoms with van der Waals surface area (Å²) < 4.78 is 5.03. The molecule has 3 nitrogen and oxygen atoms in total. The van der Waals surface area contributed by atoms with Crippen LogP contribution in [0.1, 0.15) is 58.3 Å². The molecule has 0 unspecified atom stereocenters. The summed E-state index contributed by atoms with van der Waals surface area (Å²) in [6.45, 7) is 2.92. The van der Waals surface area contributed by atoms with Crippen molar-refractivity contribution in [2.24, 2.45) is 0 Å². The van der Waals surface area contributed by atoms with E-state index in [2.05, 4.69) is 6.92 Å². The van der Waals surface area contributed by atoms with Gasteiger partial charge in [0.1, 0.15) is 0 Å². The number of hydrogen-bond donors (Lipinski definition) is 1. The monoisotopic (exact) mass is 216 g/mol. The number of carbonyl (C=O) groups is 1. The van der Waals surface area contributed by atoms with Crippen molar-refractivity contribution < 1.29 is 14.6 Å². The third-order valence-corrected chi connectivity index (χ3v) is 2.30. The highest BCUT2D eigenvalue weighted by atomic mass is 16.5. The minimum atomic E-state index is -0.0643. The van der Waals surface area contributed by atoms with Crippen LogP contribution in [-0.4, -0.2) is 24.3 Å². The molecule has 0 atom stereocenters. The normalized spacial score (nSPS) is 10.3. The summed E-state index contributed by atoms with van der Waals surface area (Å²) in [5.41, 5.74) is 0. The molecule has 0 spiro atoms. The van der Waals surface area contributed by atoms with Gasteiger partial charge in [0, 0.05) is 13.0 Å². The van der Waals surface area contributed by atoms with Gasteiger partial charge >= 0.3 is 5.97 Å². The second-order valence-corrected chi connectivity index (χ2v) is 3.82. The number of hydrogen-bond acceptors (Lipinski definition) is 3.